The number of likely N-dealkylation sites (N-methyl/N-ethyl adjacent to an activating group) is 1. The highest BCUT2D eigenvalue weighted by Crippen LogP contribution is 2.29. The number of ether oxygens (including phenoxy) is 1. The van der Waals surface area contributed by atoms with E-state index in [0.29, 0.717) is 39.3 Å². The summed E-state index contributed by atoms with van der Waals surface area (Å²) >= 11 is 12.2. The van der Waals surface area contributed by atoms with Crippen molar-refractivity contribution in [3.05, 3.63) is 88.4 Å². The minimum absolute atomic E-state index is 0.126. The number of benzene rings is 3. The monoisotopic (exact) mass is 442 g/mol. The molecule has 0 spiro atoms. The number of hydrogen-bond acceptors (Lipinski definition) is 3. The fraction of sp³-hybridized carbons (Fsp3) is 0.130. The number of hydrogen-bond donors (Lipinski definition) is 1. The van der Waals surface area contributed by atoms with Crippen molar-refractivity contribution in [2.45, 2.75) is 6.92 Å². The lowest BCUT2D eigenvalue weighted by Crippen LogP contribution is -2.37. The highest BCUT2D eigenvalue weighted by molar-refractivity contribution is 6.39. The van der Waals surface area contributed by atoms with Gasteiger partial charge in [0.2, 0.25) is 5.91 Å². The maximum Gasteiger partial charge on any atom is 0.254 e. The highest BCUT2D eigenvalue weighted by atomic mass is 35.5. The first-order valence-electron chi connectivity index (χ1n) is 9.34. The molecule has 0 fully saturated rings. The van der Waals surface area contributed by atoms with Gasteiger partial charge in [-0.25, -0.2) is 0 Å². The minimum atomic E-state index is -0.385. The lowest BCUT2D eigenvalue weighted by atomic mass is 10.2. The third-order valence-electron chi connectivity index (χ3n) is 4.31. The van der Waals surface area contributed by atoms with Crippen LogP contribution in [0.3, 0.4) is 0 Å². The summed E-state index contributed by atoms with van der Waals surface area (Å²) in [5.41, 5.74) is 0.789. The molecule has 0 unspecified atom stereocenters. The quantitative estimate of drug-likeness (QED) is 0.496. The van der Waals surface area contributed by atoms with Gasteiger partial charge in [-0.15, -0.1) is 0 Å². The Balaban J connectivity index is 1.64. The molecule has 0 aromatic heterocycles. The maximum atomic E-state index is 12.8. The van der Waals surface area contributed by atoms with Crippen LogP contribution in [0.5, 0.6) is 11.5 Å². The molecule has 0 atom stereocenters. The van der Waals surface area contributed by atoms with E-state index in [2.05, 4.69) is 5.32 Å². The zero-order chi connectivity index (χ0) is 21.5. The molecule has 0 radical (unpaired) electrons. The zero-order valence-corrected chi connectivity index (χ0v) is 17.8. The molecule has 0 aliphatic heterocycles. The molecular weight excluding hydrogens is 423 g/mol. The van der Waals surface area contributed by atoms with Crippen LogP contribution < -0.4 is 10.1 Å². The van der Waals surface area contributed by atoms with Crippen molar-refractivity contribution in [3.63, 3.8) is 0 Å². The Bertz CT molecular complexity index is 1000. The molecule has 5 nitrogen and oxygen atoms in total. The van der Waals surface area contributed by atoms with Crippen molar-refractivity contribution < 1.29 is 14.3 Å². The highest BCUT2D eigenvalue weighted by Gasteiger charge is 2.19. The van der Waals surface area contributed by atoms with Gasteiger partial charge in [0, 0.05) is 12.1 Å². The van der Waals surface area contributed by atoms with E-state index >= 15 is 0 Å². The van der Waals surface area contributed by atoms with Gasteiger partial charge in [0.1, 0.15) is 18.0 Å². The van der Waals surface area contributed by atoms with E-state index in [9.17, 15) is 9.59 Å². The van der Waals surface area contributed by atoms with Gasteiger partial charge in [-0.1, -0.05) is 47.5 Å². The Kier molecular flexibility index (Phi) is 7.33. The summed E-state index contributed by atoms with van der Waals surface area (Å²) < 4.78 is 5.74. The lowest BCUT2D eigenvalue weighted by molar-refractivity contribution is -0.116. The Hall–Kier alpha value is -3.02. The fourth-order valence-electron chi connectivity index (χ4n) is 2.77. The van der Waals surface area contributed by atoms with Crippen molar-refractivity contribution in [1.29, 1.82) is 0 Å². The van der Waals surface area contributed by atoms with Gasteiger partial charge in [-0.3, -0.25) is 9.59 Å². The summed E-state index contributed by atoms with van der Waals surface area (Å²) in [5, 5.41) is 3.33. The topological polar surface area (TPSA) is 58.6 Å². The number of nitrogens with zero attached hydrogens (tertiary/aromatic N) is 1. The molecule has 2 amide bonds. The summed E-state index contributed by atoms with van der Waals surface area (Å²) in [5.74, 6) is 0.682. The van der Waals surface area contributed by atoms with Crippen LogP contribution in [0, 0.1) is 0 Å². The first kappa shape index (κ1) is 21.7. The summed E-state index contributed by atoms with van der Waals surface area (Å²) in [6.45, 7) is 2.05. The molecule has 3 rings (SSSR count). The van der Waals surface area contributed by atoms with Crippen LogP contribution in [0.15, 0.2) is 72.8 Å². The zero-order valence-electron chi connectivity index (χ0n) is 16.3. The summed E-state index contributed by atoms with van der Waals surface area (Å²) in [6.07, 6.45) is 0. The second kappa shape index (κ2) is 10.1. The van der Waals surface area contributed by atoms with Gasteiger partial charge in [0.25, 0.3) is 5.91 Å². The minimum Gasteiger partial charge on any atom is -0.457 e. The van der Waals surface area contributed by atoms with Crippen LogP contribution >= 0.6 is 23.2 Å². The van der Waals surface area contributed by atoms with Crippen LogP contribution in [0.2, 0.25) is 10.0 Å². The summed E-state index contributed by atoms with van der Waals surface area (Å²) in [4.78, 5) is 26.7. The van der Waals surface area contributed by atoms with Crippen LogP contribution in [0.25, 0.3) is 0 Å². The van der Waals surface area contributed by atoms with Gasteiger partial charge in [-0.05, 0) is 55.5 Å². The van der Waals surface area contributed by atoms with Crippen molar-refractivity contribution in [1.82, 2.24) is 4.90 Å². The van der Waals surface area contributed by atoms with E-state index in [-0.39, 0.29) is 18.4 Å². The molecule has 0 saturated carbocycles. The molecule has 3 aromatic rings. The van der Waals surface area contributed by atoms with E-state index in [4.69, 9.17) is 27.9 Å². The van der Waals surface area contributed by atoms with Gasteiger partial charge in [0.05, 0.1) is 15.7 Å². The molecule has 7 heteroatoms. The number of carbonyl (C=O) groups is 2. The number of amides is 2. The molecule has 154 valence electrons. The van der Waals surface area contributed by atoms with Crippen molar-refractivity contribution in [2.75, 3.05) is 18.4 Å². The van der Waals surface area contributed by atoms with Crippen LogP contribution in [-0.2, 0) is 4.79 Å². The van der Waals surface area contributed by atoms with Crippen molar-refractivity contribution in [2.24, 2.45) is 0 Å². The normalized spacial score (nSPS) is 10.4. The average molecular weight is 443 g/mol. The van der Waals surface area contributed by atoms with Crippen LogP contribution in [-0.4, -0.2) is 29.8 Å². The molecule has 0 heterocycles. The smallest absolute Gasteiger partial charge is 0.254 e. The fourth-order valence-corrected chi connectivity index (χ4v) is 3.26. The lowest BCUT2D eigenvalue weighted by Gasteiger charge is -2.21. The summed E-state index contributed by atoms with van der Waals surface area (Å²) in [6, 6.07) is 21.1. The number of nitrogens with one attached hydrogen (secondary N) is 1. The van der Waals surface area contributed by atoms with E-state index < -0.39 is 0 Å². The first-order valence-corrected chi connectivity index (χ1v) is 10.1. The summed E-state index contributed by atoms with van der Waals surface area (Å²) in [7, 11) is 0. The van der Waals surface area contributed by atoms with Crippen molar-refractivity contribution >= 4 is 40.7 Å². The van der Waals surface area contributed by atoms with Gasteiger partial charge >= 0.3 is 0 Å². The number of halogens is 2. The SMILES string of the molecule is CCN(CC(=O)Nc1c(Cl)cccc1Cl)C(=O)c1ccc(Oc2ccccc2)cc1. The largest absolute Gasteiger partial charge is 0.457 e. The molecule has 0 aliphatic rings. The maximum absolute atomic E-state index is 12.8. The van der Waals surface area contributed by atoms with Gasteiger partial charge in [-0.2, -0.15) is 0 Å². The molecule has 3 aromatic carbocycles. The van der Waals surface area contributed by atoms with Crippen LogP contribution in [0.4, 0.5) is 5.69 Å². The van der Waals surface area contributed by atoms with E-state index in [1.807, 2.05) is 30.3 Å². The van der Waals surface area contributed by atoms with E-state index in [0.717, 1.165) is 0 Å². The second-order valence-corrected chi connectivity index (χ2v) is 7.22. The van der Waals surface area contributed by atoms with Crippen molar-refractivity contribution in [3.8, 4) is 11.5 Å². The van der Waals surface area contributed by atoms with E-state index in [1.165, 1.54) is 4.90 Å². The van der Waals surface area contributed by atoms with Gasteiger partial charge in [0.15, 0.2) is 0 Å². The molecular formula is C23H20Cl2N2O3. The third kappa shape index (κ3) is 5.53. The molecule has 1 N–H and O–H groups in total. The number of para-hydroxylation sites is 2. The molecule has 0 aliphatic carbocycles. The Morgan fingerprint density at radius 3 is 2.07 bits per heavy atom. The second-order valence-electron chi connectivity index (χ2n) is 6.40. The predicted octanol–water partition coefficient (Wildman–Crippen LogP) is 5.89. The number of rotatable bonds is 7. The first-order chi connectivity index (χ1) is 14.5. The Morgan fingerprint density at radius 1 is 0.867 bits per heavy atom. The number of carbonyl (C=O) groups excluding carboxylic acids is 2. The Labute approximate surface area is 185 Å². The standard InChI is InChI=1S/C23H20Cl2N2O3/c1-2-27(15-21(28)26-22-19(24)9-6-10-20(22)25)23(29)16-11-13-18(14-12-16)30-17-7-4-3-5-8-17/h3-14H,2,15H2,1H3,(H,26,28). The molecule has 30 heavy (non-hydrogen) atoms. The average Bonchev–Trinajstić information content (AvgIpc) is 2.75. The molecule has 0 saturated heterocycles. The van der Waals surface area contributed by atoms with Crippen LogP contribution in [0.1, 0.15) is 17.3 Å². The number of anilines is 1. The molecule has 0 bridgehead atoms. The van der Waals surface area contributed by atoms with E-state index in [1.54, 1.807) is 49.4 Å². The van der Waals surface area contributed by atoms with Gasteiger partial charge < -0.3 is 15.0 Å². The third-order valence-corrected chi connectivity index (χ3v) is 4.94. The Morgan fingerprint density at radius 2 is 1.47 bits per heavy atom. The predicted molar refractivity (Wildman–Crippen MR) is 120 cm³/mol.